The first-order valence-corrected chi connectivity index (χ1v) is 4.35. The van der Waals surface area contributed by atoms with E-state index in [1.807, 2.05) is 11.8 Å². The molecule has 0 bridgehead atoms. The number of thioether (sulfide) groups is 1. The molecule has 3 heteroatoms. The first-order chi connectivity index (χ1) is 4.27. The van der Waals surface area contributed by atoms with Gasteiger partial charge in [0, 0.05) is 24.6 Å². The molecule has 0 saturated heterocycles. The lowest BCUT2D eigenvalue weighted by Gasteiger charge is -2.07. The van der Waals surface area contributed by atoms with Crippen molar-refractivity contribution in [2.45, 2.75) is 0 Å². The molecule has 0 radical (unpaired) electrons. The van der Waals surface area contributed by atoms with Crippen LogP contribution in [0.5, 0.6) is 0 Å². The van der Waals surface area contributed by atoms with Gasteiger partial charge in [-0.3, -0.25) is 0 Å². The first kappa shape index (κ1) is 9.27. The van der Waals surface area contributed by atoms with Crippen molar-refractivity contribution in [1.82, 2.24) is 4.90 Å². The predicted octanol–water partition coefficient (Wildman–Crippen LogP) is 0.240. The van der Waals surface area contributed by atoms with E-state index in [-0.39, 0.29) is 0 Å². The van der Waals surface area contributed by atoms with Gasteiger partial charge in [0.05, 0.1) is 0 Å². The van der Waals surface area contributed by atoms with E-state index in [1.165, 1.54) is 5.75 Å². The van der Waals surface area contributed by atoms with Crippen molar-refractivity contribution < 1.29 is 0 Å². The highest BCUT2D eigenvalue weighted by molar-refractivity contribution is 7.99. The average Bonchev–Trinajstić information content (AvgIpc) is 1.80. The van der Waals surface area contributed by atoms with Gasteiger partial charge in [-0.05, 0) is 14.1 Å². The molecule has 0 saturated carbocycles. The summed E-state index contributed by atoms with van der Waals surface area (Å²) < 4.78 is 0. The number of hydrogen-bond donors (Lipinski definition) is 1. The molecule has 0 atom stereocenters. The van der Waals surface area contributed by atoms with Crippen molar-refractivity contribution >= 4 is 11.8 Å². The molecule has 0 aliphatic heterocycles. The van der Waals surface area contributed by atoms with Gasteiger partial charge in [0.15, 0.2) is 0 Å². The van der Waals surface area contributed by atoms with Crippen LogP contribution in [0.3, 0.4) is 0 Å². The van der Waals surface area contributed by atoms with Gasteiger partial charge in [0.1, 0.15) is 0 Å². The molecule has 0 fully saturated rings. The Kier molecular flexibility index (Phi) is 6.58. The minimum absolute atomic E-state index is 0.804. The zero-order valence-corrected chi connectivity index (χ0v) is 7.08. The molecule has 56 valence electrons. The number of nitrogens with two attached hydrogens (primary N) is 1. The quantitative estimate of drug-likeness (QED) is 0.566. The molecular weight excluding hydrogens is 132 g/mol. The summed E-state index contributed by atoms with van der Waals surface area (Å²) in [4.78, 5) is 2.18. The van der Waals surface area contributed by atoms with Gasteiger partial charge < -0.3 is 10.6 Å². The van der Waals surface area contributed by atoms with Gasteiger partial charge >= 0.3 is 0 Å². The van der Waals surface area contributed by atoms with Crippen LogP contribution >= 0.6 is 11.8 Å². The van der Waals surface area contributed by atoms with E-state index in [4.69, 9.17) is 5.73 Å². The summed E-state index contributed by atoms with van der Waals surface area (Å²) in [5.41, 5.74) is 5.31. The van der Waals surface area contributed by atoms with Gasteiger partial charge in [-0.1, -0.05) is 0 Å². The maximum absolute atomic E-state index is 5.31. The first-order valence-electron chi connectivity index (χ1n) is 3.20. The average molecular weight is 148 g/mol. The molecule has 0 rings (SSSR count). The van der Waals surface area contributed by atoms with Crippen LogP contribution in [0.2, 0.25) is 0 Å². The van der Waals surface area contributed by atoms with Crippen molar-refractivity contribution in [2.75, 3.05) is 38.7 Å². The van der Waals surface area contributed by atoms with E-state index < -0.39 is 0 Å². The number of hydrogen-bond acceptors (Lipinski definition) is 3. The Balaban J connectivity index is 2.75. The second-order valence-electron chi connectivity index (χ2n) is 2.20. The van der Waals surface area contributed by atoms with Crippen LogP contribution < -0.4 is 5.73 Å². The van der Waals surface area contributed by atoms with Crippen molar-refractivity contribution in [3.05, 3.63) is 0 Å². The van der Waals surface area contributed by atoms with Crippen molar-refractivity contribution in [1.29, 1.82) is 0 Å². The summed E-state index contributed by atoms with van der Waals surface area (Å²) >= 11 is 1.91. The maximum Gasteiger partial charge on any atom is 0.00662 e. The smallest absolute Gasteiger partial charge is 0.00662 e. The molecular formula is C6H16N2S. The Bertz CT molecular complexity index is 57.0. The Labute approximate surface area is 61.8 Å². The van der Waals surface area contributed by atoms with Gasteiger partial charge in [0.25, 0.3) is 0 Å². The standard InChI is InChI=1S/C6H16N2S/c1-8(2)4-6-9-5-3-7/h3-7H2,1-2H3. The van der Waals surface area contributed by atoms with Gasteiger partial charge in [-0.25, -0.2) is 0 Å². The third-order valence-electron chi connectivity index (χ3n) is 0.945. The van der Waals surface area contributed by atoms with Gasteiger partial charge in [0.2, 0.25) is 0 Å². The van der Waals surface area contributed by atoms with Gasteiger partial charge in [-0.15, -0.1) is 0 Å². The lowest BCUT2D eigenvalue weighted by atomic mass is 10.7. The van der Waals surface area contributed by atoms with E-state index in [0.29, 0.717) is 0 Å². The normalized spacial score (nSPS) is 10.7. The summed E-state index contributed by atoms with van der Waals surface area (Å²) in [6.45, 7) is 1.96. The zero-order chi connectivity index (χ0) is 7.11. The molecule has 2 N–H and O–H groups in total. The molecule has 0 amide bonds. The molecule has 0 aromatic carbocycles. The third-order valence-corrected chi connectivity index (χ3v) is 1.94. The molecule has 0 aliphatic carbocycles. The lowest BCUT2D eigenvalue weighted by Crippen LogP contribution is -2.15. The third kappa shape index (κ3) is 8.27. The molecule has 0 heterocycles. The molecule has 0 unspecified atom stereocenters. The van der Waals surface area contributed by atoms with E-state index >= 15 is 0 Å². The van der Waals surface area contributed by atoms with E-state index in [9.17, 15) is 0 Å². The van der Waals surface area contributed by atoms with Crippen molar-refractivity contribution in [2.24, 2.45) is 5.73 Å². The lowest BCUT2D eigenvalue weighted by molar-refractivity contribution is 0.437. The number of nitrogens with zero attached hydrogens (tertiary/aromatic N) is 1. The highest BCUT2D eigenvalue weighted by Gasteiger charge is 1.88. The highest BCUT2D eigenvalue weighted by atomic mass is 32.2. The molecule has 0 spiro atoms. The van der Waals surface area contributed by atoms with E-state index in [0.717, 1.165) is 18.8 Å². The fourth-order valence-corrected chi connectivity index (χ4v) is 1.30. The molecule has 0 aliphatic rings. The van der Waals surface area contributed by atoms with E-state index in [1.54, 1.807) is 0 Å². The minimum atomic E-state index is 0.804. The summed E-state index contributed by atoms with van der Waals surface area (Å²) in [5, 5.41) is 0. The van der Waals surface area contributed by atoms with Crippen molar-refractivity contribution in [3.63, 3.8) is 0 Å². The minimum Gasteiger partial charge on any atom is -0.330 e. The van der Waals surface area contributed by atoms with Crippen LogP contribution in [0.25, 0.3) is 0 Å². The summed E-state index contributed by atoms with van der Waals surface area (Å²) in [6.07, 6.45) is 0. The Hall–Kier alpha value is 0.270. The molecule has 2 nitrogen and oxygen atoms in total. The SMILES string of the molecule is CN(C)CCSCCN. The van der Waals surface area contributed by atoms with Crippen LogP contribution in [-0.4, -0.2) is 43.6 Å². The summed E-state index contributed by atoms with van der Waals surface area (Å²) in [5.74, 6) is 2.29. The fourth-order valence-electron chi connectivity index (χ4n) is 0.433. The Morgan fingerprint density at radius 2 is 2.00 bits per heavy atom. The summed E-state index contributed by atoms with van der Waals surface area (Å²) in [7, 11) is 4.17. The highest BCUT2D eigenvalue weighted by Crippen LogP contribution is 1.96. The van der Waals surface area contributed by atoms with Gasteiger partial charge in [-0.2, -0.15) is 11.8 Å². The second-order valence-corrected chi connectivity index (χ2v) is 3.43. The van der Waals surface area contributed by atoms with Crippen LogP contribution in [0.1, 0.15) is 0 Å². The largest absolute Gasteiger partial charge is 0.330 e. The molecule has 0 aromatic heterocycles. The summed E-state index contributed by atoms with van der Waals surface area (Å²) in [6, 6.07) is 0. The molecule has 0 aromatic rings. The van der Waals surface area contributed by atoms with Crippen LogP contribution in [-0.2, 0) is 0 Å². The monoisotopic (exact) mass is 148 g/mol. The zero-order valence-electron chi connectivity index (χ0n) is 6.26. The van der Waals surface area contributed by atoms with E-state index in [2.05, 4.69) is 19.0 Å². The fraction of sp³-hybridized carbons (Fsp3) is 1.00. The molecule has 9 heavy (non-hydrogen) atoms. The second kappa shape index (κ2) is 6.39. The Morgan fingerprint density at radius 3 is 2.44 bits per heavy atom. The van der Waals surface area contributed by atoms with Crippen LogP contribution in [0.15, 0.2) is 0 Å². The Morgan fingerprint density at radius 1 is 1.33 bits per heavy atom. The van der Waals surface area contributed by atoms with Crippen LogP contribution in [0, 0.1) is 0 Å². The number of rotatable bonds is 5. The predicted molar refractivity (Wildman–Crippen MR) is 44.9 cm³/mol. The topological polar surface area (TPSA) is 29.3 Å². The van der Waals surface area contributed by atoms with Crippen molar-refractivity contribution in [3.8, 4) is 0 Å². The van der Waals surface area contributed by atoms with Crippen LogP contribution in [0.4, 0.5) is 0 Å². The maximum atomic E-state index is 5.31.